The first kappa shape index (κ1) is 22.0. The summed E-state index contributed by atoms with van der Waals surface area (Å²) in [5.74, 6) is -0.185. The smallest absolute Gasteiger partial charge is 0.308 e. The van der Waals surface area contributed by atoms with Crippen LogP contribution >= 0.6 is 11.6 Å². The Morgan fingerprint density at radius 3 is 2.54 bits per heavy atom. The fraction of sp³-hybridized carbons (Fsp3) is 0.296. The van der Waals surface area contributed by atoms with E-state index in [9.17, 15) is 14.3 Å². The lowest BCUT2D eigenvalue weighted by Gasteiger charge is -2.47. The summed E-state index contributed by atoms with van der Waals surface area (Å²) in [5.41, 5.74) is 2.84. The summed E-state index contributed by atoms with van der Waals surface area (Å²) in [5, 5.41) is 14.3. The van der Waals surface area contributed by atoms with Gasteiger partial charge in [0.2, 0.25) is 0 Å². The quantitative estimate of drug-likeness (QED) is 0.301. The molecule has 3 N–H and O–H groups in total. The Labute approximate surface area is 206 Å². The van der Waals surface area contributed by atoms with Gasteiger partial charge in [0, 0.05) is 34.8 Å². The molecule has 2 atom stereocenters. The SMILES string of the molecule is O=C(O)[C@@H]1C2CCC(CC2)[C@H]1Nc1cc(-c2ccccc2)nc(-c2c[nH]c3c(Cl)cc(F)cc23)n1. The number of aromatic nitrogens is 3. The molecule has 6 nitrogen and oxygen atoms in total. The normalized spacial score (nSPS) is 23.5. The van der Waals surface area contributed by atoms with Crippen molar-refractivity contribution in [2.45, 2.75) is 31.7 Å². The Hall–Kier alpha value is -3.45. The highest BCUT2D eigenvalue weighted by atomic mass is 35.5. The lowest BCUT2D eigenvalue weighted by Crippen LogP contribution is -2.51. The van der Waals surface area contributed by atoms with E-state index < -0.39 is 17.7 Å². The highest BCUT2D eigenvalue weighted by Gasteiger charge is 2.47. The van der Waals surface area contributed by atoms with E-state index in [1.165, 1.54) is 12.1 Å². The van der Waals surface area contributed by atoms with E-state index in [0.29, 0.717) is 39.7 Å². The van der Waals surface area contributed by atoms with E-state index in [-0.39, 0.29) is 17.0 Å². The summed E-state index contributed by atoms with van der Waals surface area (Å²) in [7, 11) is 0. The summed E-state index contributed by atoms with van der Waals surface area (Å²) in [6, 6.07) is 14.1. The summed E-state index contributed by atoms with van der Waals surface area (Å²) in [6.07, 6.45) is 5.70. The van der Waals surface area contributed by atoms with Crippen molar-refractivity contribution in [3.63, 3.8) is 0 Å². The third-order valence-corrected chi connectivity index (χ3v) is 7.86. The molecule has 0 unspecified atom stereocenters. The molecule has 3 fully saturated rings. The van der Waals surface area contributed by atoms with Gasteiger partial charge in [0.05, 0.1) is 22.2 Å². The zero-order valence-corrected chi connectivity index (χ0v) is 19.6. The summed E-state index contributed by atoms with van der Waals surface area (Å²) >= 11 is 6.25. The highest BCUT2D eigenvalue weighted by Crippen LogP contribution is 2.46. The molecule has 35 heavy (non-hydrogen) atoms. The number of fused-ring (bicyclic) bond motifs is 4. The van der Waals surface area contributed by atoms with Gasteiger partial charge >= 0.3 is 5.97 Å². The van der Waals surface area contributed by atoms with E-state index >= 15 is 0 Å². The molecule has 2 bridgehead atoms. The summed E-state index contributed by atoms with van der Waals surface area (Å²) in [6.45, 7) is 0. The maximum absolute atomic E-state index is 14.2. The molecule has 178 valence electrons. The second-order valence-corrected chi connectivity index (χ2v) is 9.96. The van der Waals surface area contributed by atoms with Crippen LogP contribution in [0.4, 0.5) is 10.2 Å². The molecule has 0 saturated heterocycles. The Kier molecular flexibility index (Phi) is 5.44. The number of rotatable bonds is 5. The Bertz CT molecular complexity index is 1420. The third-order valence-electron chi connectivity index (χ3n) is 7.56. The van der Waals surface area contributed by atoms with E-state index in [2.05, 4.69) is 10.3 Å². The first-order chi connectivity index (χ1) is 17.0. The van der Waals surface area contributed by atoms with Gasteiger partial charge in [-0.05, 0) is 49.7 Å². The Morgan fingerprint density at radius 1 is 1.06 bits per heavy atom. The van der Waals surface area contributed by atoms with Gasteiger partial charge in [-0.2, -0.15) is 0 Å². The zero-order chi connectivity index (χ0) is 24.1. The number of nitrogens with one attached hydrogen (secondary N) is 2. The number of benzene rings is 2. The van der Waals surface area contributed by atoms with Crippen molar-refractivity contribution in [2.24, 2.45) is 17.8 Å². The predicted molar refractivity (Wildman–Crippen MR) is 134 cm³/mol. The van der Waals surface area contributed by atoms with Crippen molar-refractivity contribution in [1.82, 2.24) is 15.0 Å². The van der Waals surface area contributed by atoms with Crippen LogP contribution in [0.5, 0.6) is 0 Å². The minimum Gasteiger partial charge on any atom is -0.481 e. The second kappa shape index (κ2) is 8.64. The first-order valence-electron chi connectivity index (χ1n) is 11.9. The van der Waals surface area contributed by atoms with Crippen molar-refractivity contribution >= 4 is 34.3 Å². The molecule has 0 amide bonds. The molecule has 3 saturated carbocycles. The van der Waals surface area contributed by atoms with Crippen LogP contribution < -0.4 is 5.32 Å². The molecule has 8 heteroatoms. The second-order valence-electron chi connectivity index (χ2n) is 9.55. The average molecular weight is 491 g/mol. The third kappa shape index (κ3) is 3.93. The molecule has 0 spiro atoms. The number of aromatic amines is 1. The molecule has 0 radical (unpaired) electrons. The topological polar surface area (TPSA) is 90.9 Å². The Morgan fingerprint density at radius 2 is 1.80 bits per heavy atom. The molecule has 3 aliphatic rings. The van der Waals surface area contributed by atoms with Crippen LogP contribution in [0.25, 0.3) is 33.5 Å². The van der Waals surface area contributed by atoms with Crippen LogP contribution in [0.15, 0.2) is 54.7 Å². The standard InChI is InChI=1S/C27H24ClFN4O2/c28-20-11-17(29)10-18-19(13-30-25(18)20)26-31-21(14-4-2-1-3-5-14)12-22(33-26)32-24-16-8-6-15(7-9-16)23(24)27(34)35/h1-5,10-13,15-16,23-24,30H,6-9H2,(H,34,35)(H,31,32,33)/t15?,16?,23-,24-/m1/s1. The monoisotopic (exact) mass is 490 g/mol. The van der Waals surface area contributed by atoms with Gasteiger partial charge in [-0.25, -0.2) is 14.4 Å². The van der Waals surface area contributed by atoms with Crippen molar-refractivity contribution < 1.29 is 14.3 Å². The van der Waals surface area contributed by atoms with Gasteiger partial charge in [-0.1, -0.05) is 41.9 Å². The number of aliphatic carboxylic acids is 1. The van der Waals surface area contributed by atoms with Gasteiger partial charge in [-0.3, -0.25) is 4.79 Å². The molecule has 4 aromatic rings. The van der Waals surface area contributed by atoms with Crippen LogP contribution in [-0.2, 0) is 4.79 Å². The number of carboxylic acids is 1. The van der Waals surface area contributed by atoms with Gasteiger partial charge in [0.15, 0.2) is 5.82 Å². The van der Waals surface area contributed by atoms with E-state index in [1.807, 2.05) is 36.4 Å². The molecule has 3 aliphatic carbocycles. The van der Waals surface area contributed by atoms with E-state index in [1.54, 1.807) is 6.20 Å². The molecule has 2 heterocycles. The van der Waals surface area contributed by atoms with Crippen LogP contribution in [0.3, 0.4) is 0 Å². The number of anilines is 1. The molecule has 7 rings (SSSR count). The van der Waals surface area contributed by atoms with Gasteiger partial charge < -0.3 is 15.4 Å². The van der Waals surface area contributed by atoms with Crippen LogP contribution in [0.1, 0.15) is 25.7 Å². The van der Waals surface area contributed by atoms with Crippen LogP contribution in [0.2, 0.25) is 5.02 Å². The van der Waals surface area contributed by atoms with Gasteiger partial charge in [0.25, 0.3) is 0 Å². The number of hydrogen-bond acceptors (Lipinski definition) is 4. The first-order valence-corrected chi connectivity index (χ1v) is 12.3. The number of carbonyl (C=O) groups is 1. The minimum atomic E-state index is -0.754. The maximum atomic E-state index is 14.2. The summed E-state index contributed by atoms with van der Waals surface area (Å²) in [4.78, 5) is 24.9. The maximum Gasteiger partial charge on any atom is 0.308 e. The molecule has 2 aromatic heterocycles. The van der Waals surface area contributed by atoms with Gasteiger partial charge in [0.1, 0.15) is 11.6 Å². The summed E-state index contributed by atoms with van der Waals surface area (Å²) < 4.78 is 14.2. The van der Waals surface area contributed by atoms with Crippen molar-refractivity contribution in [3.8, 4) is 22.6 Å². The minimum absolute atomic E-state index is 0.184. The van der Waals surface area contributed by atoms with Crippen molar-refractivity contribution in [1.29, 1.82) is 0 Å². The lowest BCUT2D eigenvalue weighted by molar-refractivity contribution is -0.148. The van der Waals surface area contributed by atoms with E-state index in [0.717, 1.165) is 31.2 Å². The van der Waals surface area contributed by atoms with Crippen LogP contribution in [-0.4, -0.2) is 32.1 Å². The fourth-order valence-corrected chi connectivity index (χ4v) is 6.18. The largest absolute Gasteiger partial charge is 0.481 e. The van der Waals surface area contributed by atoms with Crippen LogP contribution in [0, 0.1) is 23.6 Å². The lowest BCUT2D eigenvalue weighted by atomic mass is 9.61. The van der Waals surface area contributed by atoms with Crippen molar-refractivity contribution in [3.05, 3.63) is 65.6 Å². The molecule has 0 aliphatic heterocycles. The number of carboxylic acid groups (broad SMARTS) is 1. The van der Waals surface area contributed by atoms with Gasteiger partial charge in [-0.15, -0.1) is 0 Å². The Balaban J connectivity index is 1.47. The number of hydrogen-bond donors (Lipinski definition) is 3. The number of nitrogens with zero attached hydrogens (tertiary/aromatic N) is 2. The number of halogens is 2. The molecular weight excluding hydrogens is 467 g/mol. The highest BCUT2D eigenvalue weighted by molar-refractivity contribution is 6.35. The molecular formula is C27H24ClFN4O2. The predicted octanol–water partition coefficient (Wildman–Crippen LogP) is 6.39. The average Bonchev–Trinajstić information content (AvgIpc) is 3.29. The van der Waals surface area contributed by atoms with Crippen molar-refractivity contribution in [2.75, 3.05) is 5.32 Å². The number of H-pyrrole nitrogens is 1. The van der Waals surface area contributed by atoms with E-state index in [4.69, 9.17) is 21.6 Å². The fourth-order valence-electron chi connectivity index (χ4n) is 5.92. The zero-order valence-electron chi connectivity index (χ0n) is 18.8. The molecule has 2 aromatic carbocycles.